The predicted molar refractivity (Wildman–Crippen MR) is 64.7 cm³/mol. The van der Waals surface area contributed by atoms with Crippen molar-refractivity contribution in [3.05, 3.63) is 0 Å². The summed E-state index contributed by atoms with van der Waals surface area (Å²) in [5, 5.41) is 4.11. The molecule has 1 fully saturated rings. The lowest BCUT2D eigenvalue weighted by molar-refractivity contribution is -0.180. The van der Waals surface area contributed by atoms with E-state index in [9.17, 15) is 4.79 Å². The van der Waals surface area contributed by atoms with E-state index in [1.165, 1.54) is 0 Å². The molecule has 1 aliphatic carbocycles. The smallest absolute Gasteiger partial charge is 0.354 e. The number of rotatable bonds is 3. The Kier molecular flexibility index (Phi) is 2.92. The summed E-state index contributed by atoms with van der Waals surface area (Å²) in [5.74, 6) is 0.0763. The molecule has 96 valence electrons. The molecule has 2 unspecified atom stereocenters. The molecule has 0 aromatic heterocycles. The van der Waals surface area contributed by atoms with Crippen molar-refractivity contribution in [3.63, 3.8) is 0 Å². The van der Waals surface area contributed by atoms with Crippen LogP contribution in [0.15, 0.2) is 5.16 Å². The lowest BCUT2D eigenvalue weighted by atomic mass is 9.64. The summed E-state index contributed by atoms with van der Waals surface area (Å²) in [4.78, 5) is 17.9. The summed E-state index contributed by atoms with van der Waals surface area (Å²) in [6.07, 6.45) is 2.66. The van der Waals surface area contributed by atoms with Crippen LogP contribution in [0.2, 0.25) is 0 Å². The summed E-state index contributed by atoms with van der Waals surface area (Å²) in [7, 11) is 0. The average Bonchev–Trinajstić information content (AvgIpc) is 2.78. The average molecular weight is 239 g/mol. The van der Waals surface area contributed by atoms with E-state index < -0.39 is 5.60 Å². The van der Waals surface area contributed by atoms with Gasteiger partial charge in [0, 0.05) is 6.42 Å². The van der Waals surface area contributed by atoms with Gasteiger partial charge in [-0.25, -0.2) is 4.79 Å². The number of oxime groups is 1. The molecule has 0 radical (unpaired) electrons. The van der Waals surface area contributed by atoms with Crippen LogP contribution >= 0.6 is 0 Å². The molecule has 0 amide bonds. The molecule has 0 spiro atoms. The van der Waals surface area contributed by atoms with Crippen molar-refractivity contribution in [1.82, 2.24) is 0 Å². The molecule has 0 aromatic carbocycles. The Balaban J connectivity index is 2.43. The van der Waals surface area contributed by atoms with Crippen LogP contribution in [0.5, 0.6) is 0 Å². The van der Waals surface area contributed by atoms with Gasteiger partial charge in [-0.05, 0) is 32.6 Å². The van der Waals surface area contributed by atoms with Gasteiger partial charge >= 0.3 is 5.97 Å². The lowest BCUT2D eigenvalue weighted by Crippen LogP contribution is -2.54. The number of carbonyl (C=O) groups excluding carboxylic acids is 1. The van der Waals surface area contributed by atoms with Crippen molar-refractivity contribution in [2.75, 3.05) is 6.61 Å². The Labute approximate surface area is 102 Å². The first kappa shape index (κ1) is 12.4. The lowest BCUT2D eigenvalue weighted by Gasteiger charge is -2.39. The maximum Gasteiger partial charge on any atom is 0.354 e. The van der Waals surface area contributed by atoms with E-state index in [4.69, 9.17) is 9.57 Å². The van der Waals surface area contributed by atoms with Crippen LogP contribution in [0.25, 0.3) is 0 Å². The highest BCUT2D eigenvalue weighted by molar-refractivity contribution is 5.98. The first-order valence-corrected chi connectivity index (χ1v) is 6.41. The molecule has 17 heavy (non-hydrogen) atoms. The maximum atomic E-state index is 12.3. The number of nitrogens with zero attached hydrogens (tertiary/aromatic N) is 1. The summed E-state index contributed by atoms with van der Waals surface area (Å²) < 4.78 is 5.22. The molecule has 2 aliphatic rings. The molecular weight excluding hydrogens is 218 g/mol. The van der Waals surface area contributed by atoms with Crippen molar-refractivity contribution in [1.29, 1.82) is 0 Å². The zero-order valence-corrected chi connectivity index (χ0v) is 11.1. The van der Waals surface area contributed by atoms with Gasteiger partial charge in [0.2, 0.25) is 5.60 Å². The van der Waals surface area contributed by atoms with E-state index in [2.05, 4.69) is 19.0 Å². The van der Waals surface area contributed by atoms with E-state index in [-0.39, 0.29) is 11.4 Å². The van der Waals surface area contributed by atoms with Crippen molar-refractivity contribution in [3.8, 4) is 0 Å². The largest absolute Gasteiger partial charge is 0.463 e. The zero-order valence-electron chi connectivity index (χ0n) is 11.1. The quantitative estimate of drug-likeness (QED) is 0.711. The van der Waals surface area contributed by atoms with Crippen LogP contribution in [0.1, 0.15) is 47.0 Å². The second-order valence-electron chi connectivity index (χ2n) is 5.30. The van der Waals surface area contributed by atoms with Crippen molar-refractivity contribution >= 4 is 11.7 Å². The molecule has 0 aromatic rings. The van der Waals surface area contributed by atoms with Crippen LogP contribution in [-0.2, 0) is 14.4 Å². The second-order valence-corrected chi connectivity index (χ2v) is 5.30. The van der Waals surface area contributed by atoms with Gasteiger partial charge in [-0.2, -0.15) is 0 Å². The van der Waals surface area contributed by atoms with Gasteiger partial charge in [0.15, 0.2) is 0 Å². The Hall–Kier alpha value is -1.06. The third-order valence-corrected chi connectivity index (χ3v) is 4.40. The third-order valence-electron chi connectivity index (χ3n) is 4.40. The zero-order chi connectivity index (χ0) is 12.7. The highest BCUT2D eigenvalue weighted by atomic mass is 16.7. The normalized spacial score (nSPS) is 35.5. The third kappa shape index (κ3) is 1.36. The maximum absolute atomic E-state index is 12.3. The minimum atomic E-state index is -0.860. The van der Waals surface area contributed by atoms with E-state index in [0.29, 0.717) is 18.9 Å². The highest BCUT2D eigenvalue weighted by Gasteiger charge is 2.69. The fraction of sp³-hybridized carbons (Fsp3) is 0.846. The summed E-state index contributed by atoms with van der Waals surface area (Å²) in [6, 6.07) is 0. The molecule has 2 atom stereocenters. The molecule has 1 aliphatic heterocycles. The van der Waals surface area contributed by atoms with Crippen molar-refractivity contribution in [2.45, 2.75) is 52.6 Å². The molecular formula is C13H21NO3. The Morgan fingerprint density at radius 2 is 2.24 bits per heavy atom. The van der Waals surface area contributed by atoms with Crippen LogP contribution in [0.4, 0.5) is 0 Å². The molecule has 0 bridgehead atoms. The monoisotopic (exact) mass is 239 g/mol. The van der Waals surface area contributed by atoms with Crippen molar-refractivity contribution < 1.29 is 14.4 Å². The SMILES string of the molecule is CCOC(=O)C12CCCC1(C(C)C)C(C)=NO2. The van der Waals surface area contributed by atoms with Gasteiger partial charge < -0.3 is 9.57 Å². The standard InChI is InChI=1S/C13H21NO3/c1-5-16-11(15)13-8-6-7-12(13,9(2)3)10(4)14-17-13/h9H,5-8H2,1-4H3. The van der Waals surface area contributed by atoms with Crippen LogP contribution in [-0.4, -0.2) is 23.9 Å². The fourth-order valence-corrected chi connectivity index (χ4v) is 3.61. The Morgan fingerprint density at radius 3 is 2.82 bits per heavy atom. The minimum absolute atomic E-state index is 0.244. The Morgan fingerprint density at radius 1 is 1.53 bits per heavy atom. The molecule has 1 saturated carbocycles. The fourth-order valence-electron chi connectivity index (χ4n) is 3.61. The van der Waals surface area contributed by atoms with Gasteiger partial charge in [-0.15, -0.1) is 0 Å². The van der Waals surface area contributed by atoms with Gasteiger partial charge in [-0.3, -0.25) is 0 Å². The topological polar surface area (TPSA) is 47.9 Å². The number of fused-ring (bicyclic) bond motifs is 1. The van der Waals surface area contributed by atoms with Crippen LogP contribution < -0.4 is 0 Å². The van der Waals surface area contributed by atoms with Crippen molar-refractivity contribution in [2.24, 2.45) is 16.5 Å². The highest BCUT2D eigenvalue weighted by Crippen LogP contribution is 2.58. The van der Waals surface area contributed by atoms with Gasteiger partial charge in [0.1, 0.15) is 0 Å². The molecule has 2 rings (SSSR count). The number of ether oxygens (including phenoxy) is 1. The predicted octanol–water partition coefficient (Wildman–Crippen LogP) is 2.52. The number of carbonyl (C=O) groups is 1. The van der Waals surface area contributed by atoms with Gasteiger partial charge in [0.05, 0.1) is 17.7 Å². The Bertz CT molecular complexity index is 364. The van der Waals surface area contributed by atoms with E-state index >= 15 is 0 Å². The first-order valence-electron chi connectivity index (χ1n) is 6.41. The molecule has 4 nitrogen and oxygen atoms in total. The minimum Gasteiger partial charge on any atom is -0.463 e. The van der Waals surface area contributed by atoms with Gasteiger partial charge in [0.25, 0.3) is 0 Å². The molecule has 4 heteroatoms. The summed E-state index contributed by atoms with van der Waals surface area (Å²) in [6.45, 7) is 8.44. The van der Waals surface area contributed by atoms with Gasteiger partial charge in [-0.1, -0.05) is 19.0 Å². The molecule has 0 N–H and O–H groups in total. The second kappa shape index (κ2) is 4.00. The number of hydrogen-bond acceptors (Lipinski definition) is 4. The molecule has 1 heterocycles. The number of esters is 1. The van der Waals surface area contributed by atoms with E-state index in [1.54, 1.807) is 0 Å². The molecule has 0 saturated heterocycles. The van der Waals surface area contributed by atoms with E-state index in [0.717, 1.165) is 18.6 Å². The van der Waals surface area contributed by atoms with Crippen LogP contribution in [0.3, 0.4) is 0 Å². The first-order chi connectivity index (χ1) is 8.01. The number of hydrogen-bond donors (Lipinski definition) is 0. The summed E-state index contributed by atoms with van der Waals surface area (Å²) >= 11 is 0. The van der Waals surface area contributed by atoms with E-state index in [1.807, 2.05) is 13.8 Å². The van der Waals surface area contributed by atoms with Crippen LogP contribution in [0, 0.1) is 11.3 Å². The summed E-state index contributed by atoms with van der Waals surface area (Å²) in [5.41, 5.74) is -0.182.